The van der Waals surface area contributed by atoms with Crippen molar-refractivity contribution in [2.75, 3.05) is 5.32 Å². The fourth-order valence-corrected chi connectivity index (χ4v) is 3.59. The molecule has 0 bridgehead atoms. The van der Waals surface area contributed by atoms with Crippen LogP contribution < -0.4 is 5.32 Å². The molecule has 1 N–H and O–H groups in total. The van der Waals surface area contributed by atoms with Gasteiger partial charge >= 0.3 is 0 Å². The molecule has 130 valence electrons. The Kier molecular flexibility index (Phi) is 5.99. The van der Waals surface area contributed by atoms with Gasteiger partial charge in [-0.3, -0.25) is 9.59 Å². The molecule has 2 aromatic carbocycles. The molecular formula is C22H25NO2. The van der Waals surface area contributed by atoms with Crippen molar-refractivity contribution in [2.24, 2.45) is 11.8 Å². The summed E-state index contributed by atoms with van der Waals surface area (Å²) in [5, 5.41) is 2.92. The molecule has 0 spiro atoms. The first-order valence-corrected chi connectivity index (χ1v) is 9.17. The molecule has 0 radical (unpaired) electrons. The Morgan fingerprint density at radius 2 is 1.48 bits per heavy atom. The van der Waals surface area contributed by atoms with E-state index in [-0.39, 0.29) is 17.6 Å². The fraction of sp³-hybridized carbons (Fsp3) is 0.364. The molecule has 3 nitrogen and oxygen atoms in total. The lowest BCUT2D eigenvalue weighted by molar-refractivity contribution is -0.134. The Morgan fingerprint density at radius 3 is 2.12 bits per heavy atom. The lowest BCUT2D eigenvalue weighted by Gasteiger charge is -2.25. The van der Waals surface area contributed by atoms with E-state index in [2.05, 4.69) is 5.32 Å². The van der Waals surface area contributed by atoms with Crippen molar-refractivity contribution in [1.82, 2.24) is 0 Å². The van der Waals surface area contributed by atoms with E-state index in [0.29, 0.717) is 6.42 Å². The molecule has 1 aliphatic carbocycles. The predicted octanol–water partition coefficient (Wildman–Crippen LogP) is 4.63. The van der Waals surface area contributed by atoms with Crippen molar-refractivity contribution < 1.29 is 9.59 Å². The third-order valence-corrected chi connectivity index (χ3v) is 4.99. The van der Waals surface area contributed by atoms with Crippen LogP contribution in [0.1, 0.15) is 37.7 Å². The number of ketones is 1. The van der Waals surface area contributed by atoms with E-state index >= 15 is 0 Å². The molecule has 1 aliphatic rings. The summed E-state index contributed by atoms with van der Waals surface area (Å²) in [4.78, 5) is 25.9. The van der Waals surface area contributed by atoms with Crippen LogP contribution in [0, 0.1) is 11.8 Å². The molecule has 0 aromatic heterocycles. The smallest absolute Gasteiger partial charge is 0.235 e. The van der Waals surface area contributed by atoms with Crippen LogP contribution in [-0.4, -0.2) is 11.7 Å². The van der Waals surface area contributed by atoms with E-state index in [1.807, 2.05) is 60.7 Å². The first-order chi connectivity index (χ1) is 12.2. The largest absolute Gasteiger partial charge is 0.325 e. The van der Waals surface area contributed by atoms with Crippen molar-refractivity contribution in [3.8, 4) is 0 Å². The standard InChI is InChI=1S/C22H25NO2/c24-21(18-12-6-2-7-13-18)20(16-17-10-4-1-5-11-17)22(25)23-19-14-8-3-9-15-19/h1,3-5,8-11,14-15,18,20H,2,6-7,12-13,16H2,(H,23,25). The van der Waals surface area contributed by atoms with Crippen molar-refractivity contribution in [1.29, 1.82) is 0 Å². The molecule has 3 rings (SSSR count). The van der Waals surface area contributed by atoms with Gasteiger partial charge in [-0.1, -0.05) is 67.8 Å². The van der Waals surface area contributed by atoms with E-state index in [1.165, 1.54) is 6.42 Å². The zero-order valence-electron chi connectivity index (χ0n) is 14.5. The number of amides is 1. The van der Waals surface area contributed by atoms with Gasteiger partial charge < -0.3 is 5.32 Å². The van der Waals surface area contributed by atoms with Crippen LogP contribution in [0.15, 0.2) is 60.7 Å². The maximum absolute atomic E-state index is 13.1. The van der Waals surface area contributed by atoms with Gasteiger partial charge in [-0.25, -0.2) is 0 Å². The van der Waals surface area contributed by atoms with Crippen molar-refractivity contribution in [2.45, 2.75) is 38.5 Å². The summed E-state index contributed by atoms with van der Waals surface area (Å²) in [7, 11) is 0. The minimum absolute atomic E-state index is 0.0315. The zero-order chi connectivity index (χ0) is 17.5. The maximum Gasteiger partial charge on any atom is 0.235 e. The van der Waals surface area contributed by atoms with Crippen LogP contribution in [0.5, 0.6) is 0 Å². The van der Waals surface area contributed by atoms with Crippen molar-refractivity contribution in [3.05, 3.63) is 66.2 Å². The highest BCUT2D eigenvalue weighted by molar-refractivity contribution is 6.08. The lowest BCUT2D eigenvalue weighted by Crippen LogP contribution is -2.36. The average molecular weight is 335 g/mol. The van der Waals surface area contributed by atoms with Gasteiger partial charge in [0.2, 0.25) is 5.91 Å². The number of hydrogen-bond acceptors (Lipinski definition) is 2. The lowest BCUT2D eigenvalue weighted by atomic mass is 9.79. The minimum atomic E-state index is -0.620. The molecule has 1 amide bonds. The summed E-state index contributed by atoms with van der Waals surface area (Å²) in [6.07, 6.45) is 5.69. The number of carbonyl (C=O) groups is 2. The van der Waals surface area contributed by atoms with Gasteiger partial charge in [-0.2, -0.15) is 0 Å². The van der Waals surface area contributed by atoms with Crippen molar-refractivity contribution in [3.63, 3.8) is 0 Å². The van der Waals surface area contributed by atoms with Gasteiger partial charge in [0.15, 0.2) is 0 Å². The highest BCUT2D eigenvalue weighted by atomic mass is 16.2. The van der Waals surface area contributed by atoms with Crippen LogP contribution in [-0.2, 0) is 16.0 Å². The van der Waals surface area contributed by atoms with Crippen LogP contribution >= 0.6 is 0 Å². The molecule has 25 heavy (non-hydrogen) atoms. The maximum atomic E-state index is 13.1. The van der Waals surface area contributed by atoms with Gasteiger partial charge in [0.05, 0.1) is 0 Å². The summed E-state index contributed by atoms with van der Waals surface area (Å²) >= 11 is 0. The number of benzene rings is 2. The van der Waals surface area contributed by atoms with E-state index in [9.17, 15) is 9.59 Å². The van der Waals surface area contributed by atoms with Gasteiger partial charge in [0, 0.05) is 11.6 Å². The molecule has 1 unspecified atom stereocenters. The van der Waals surface area contributed by atoms with Gasteiger partial charge in [0.1, 0.15) is 11.7 Å². The summed E-state index contributed by atoms with van der Waals surface area (Å²) in [6, 6.07) is 19.2. The first-order valence-electron chi connectivity index (χ1n) is 9.17. The Labute approximate surface area is 149 Å². The number of hydrogen-bond donors (Lipinski definition) is 1. The zero-order valence-corrected chi connectivity index (χ0v) is 14.5. The monoisotopic (exact) mass is 335 g/mol. The Balaban J connectivity index is 1.77. The molecule has 0 saturated heterocycles. The summed E-state index contributed by atoms with van der Waals surface area (Å²) in [5.74, 6) is -0.669. The molecule has 2 aromatic rings. The summed E-state index contributed by atoms with van der Waals surface area (Å²) < 4.78 is 0. The van der Waals surface area contributed by atoms with E-state index < -0.39 is 5.92 Å². The van der Waals surface area contributed by atoms with E-state index in [0.717, 1.165) is 36.9 Å². The molecule has 0 heterocycles. The number of para-hydroxylation sites is 1. The molecule has 1 atom stereocenters. The second-order valence-corrected chi connectivity index (χ2v) is 6.83. The minimum Gasteiger partial charge on any atom is -0.325 e. The molecular weight excluding hydrogens is 310 g/mol. The van der Waals surface area contributed by atoms with Crippen LogP contribution in [0.2, 0.25) is 0 Å². The van der Waals surface area contributed by atoms with Crippen LogP contribution in [0.25, 0.3) is 0 Å². The Morgan fingerprint density at radius 1 is 0.880 bits per heavy atom. The topological polar surface area (TPSA) is 46.2 Å². The third-order valence-electron chi connectivity index (χ3n) is 4.99. The predicted molar refractivity (Wildman–Crippen MR) is 100 cm³/mol. The normalized spacial score (nSPS) is 16.2. The molecule has 1 fully saturated rings. The SMILES string of the molecule is O=C(Nc1ccccc1)C(Cc1ccccc1)C(=O)C1CCCCC1. The highest BCUT2D eigenvalue weighted by Gasteiger charge is 2.33. The second kappa shape index (κ2) is 8.61. The highest BCUT2D eigenvalue weighted by Crippen LogP contribution is 2.28. The number of rotatable bonds is 6. The van der Waals surface area contributed by atoms with E-state index in [1.54, 1.807) is 0 Å². The van der Waals surface area contributed by atoms with E-state index in [4.69, 9.17) is 0 Å². The van der Waals surface area contributed by atoms with Gasteiger partial charge in [-0.05, 0) is 37.0 Å². The van der Waals surface area contributed by atoms with Crippen molar-refractivity contribution >= 4 is 17.4 Å². The Hall–Kier alpha value is -2.42. The second-order valence-electron chi connectivity index (χ2n) is 6.83. The van der Waals surface area contributed by atoms with Gasteiger partial charge in [0.25, 0.3) is 0 Å². The van der Waals surface area contributed by atoms with Gasteiger partial charge in [-0.15, -0.1) is 0 Å². The van der Waals surface area contributed by atoms with Crippen LogP contribution in [0.4, 0.5) is 5.69 Å². The average Bonchev–Trinajstić information content (AvgIpc) is 2.68. The Bertz CT molecular complexity index is 690. The molecule has 0 aliphatic heterocycles. The number of carbonyl (C=O) groups excluding carboxylic acids is 2. The number of Topliss-reactive ketones (excluding diaryl/α,β-unsaturated/α-hetero) is 1. The third kappa shape index (κ3) is 4.79. The number of anilines is 1. The van der Waals surface area contributed by atoms with Crippen LogP contribution in [0.3, 0.4) is 0 Å². The quantitative estimate of drug-likeness (QED) is 0.782. The molecule has 3 heteroatoms. The first kappa shape index (κ1) is 17.4. The number of nitrogens with one attached hydrogen (secondary N) is 1. The summed E-state index contributed by atoms with van der Waals surface area (Å²) in [5.41, 5.74) is 1.77. The molecule has 1 saturated carbocycles. The summed E-state index contributed by atoms with van der Waals surface area (Å²) in [6.45, 7) is 0. The fourth-order valence-electron chi connectivity index (χ4n) is 3.59.